The number of aromatic amines is 1. The van der Waals surface area contributed by atoms with Crippen molar-refractivity contribution in [3.8, 4) is 0 Å². The van der Waals surface area contributed by atoms with Crippen molar-refractivity contribution >= 4 is 42.2 Å². The zero-order chi connectivity index (χ0) is 24.4. The van der Waals surface area contributed by atoms with Gasteiger partial charge < -0.3 is 20.7 Å². The molecule has 2 aromatic rings. The van der Waals surface area contributed by atoms with Crippen LogP contribution >= 0.6 is 19.5 Å². The summed E-state index contributed by atoms with van der Waals surface area (Å²) >= 11 is 0.957. The topological polar surface area (TPSA) is 204 Å². The van der Waals surface area contributed by atoms with Gasteiger partial charge in [-0.1, -0.05) is 11.8 Å². The molecule has 6 N–H and O–H groups in total. The molecule has 0 saturated carbocycles. The average Bonchev–Trinajstić information content (AvgIpc) is 3.22. The first-order chi connectivity index (χ1) is 15.5. The highest BCUT2D eigenvalue weighted by molar-refractivity contribution is 8.11. The number of hydrogen-bond acceptors (Lipinski definition) is 12. The van der Waals surface area contributed by atoms with Crippen LogP contribution in [0.2, 0.25) is 0 Å². The number of imidazole rings is 1. The van der Waals surface area contributed by atoms with Crippen LogP contribution in [0.1, 0.15) is 27.0 Å². The smallest absolute Gasteiger partial charge is 0.387 e. The number of carbonyl (C=O) groups is 1. The minimum absolute atomic E-state index is 0.0164. The van der Waals surface area contributed by atoms with Gasteiger partial charge in [-0.15, -0.1) is 0 Å². The molecule has 1 fully saturated rings. The summed E-state index contributed by atoms with van der Waals surface area (Å²) in [5.74, 6) is 0.122. The number of H-pyrrole nitrogens is 1. The fraction of sp³-hybridized carbons (Fsp3) is 0.647. The minimum Gasteiger partial charge on any atom is -0.387 e. The Balaban J connectivity index is 1.78. The third-order valence-electron chi connectivity index (χ3n) is 4.81. The van der Waals surface area contributed by atoms with Gasteiger partial charge in [0.15, 0.2) is 23.0 Å². The van der Waals surface area contributed by atoms with E-state index in [9.17, 15) is 24.4 Å². The number of nitrogens with one attached hydrogen (secondary N) is 2. The Morgan fingerprint density at radius 2 is 2.24 bits per heavy atom. The zero-order valence-electron chi connectivity index (χ0n) is 18.2. The second-order valence-corrected chi connectivity index (χ2v) is 10.6. The highest BCUT2D eigenvalue weighted by Gasteiger charge is 2.54. The molecule has 5 atom stereocenters. The molecular formula is C17H27N6O8PS. The van der Waals surface area contributed by atoms with Gasteiger partial charge in [0.25, 0.3) is 5.56 Å². The Labute approximate surface area is 192 Å². The molecule has 3 heterocycles. The van der Waals surface area contributed by atoms with Gasteiger partial charge in [0.05, 0.1) is 19.5 Å². The second kappa shape index (κ2) is 10.2. The summed E-state index contributed by atoms with van der Waals surface area (Å²) in [7, 11) is -3.81. The van der Waals surface area contributed by atoms with Gasteiger partial charge in [0.1, 0.15) is 17.8 Å². The molecule has 0 aromatic carbocycles. The largest absolute Gasteiger partial charge is 0.405 e. The van der Waals surface area contributed by atoms with Crippen molar-refractivity contribution in [2.24, 2.45) is 0 Å². The van der Waals surface area contributed by atoms with E-state index in [1.165, 1.54) is 17.8 Å². The second-order valence-electron chi connectivity index (χ2n) is 7.85. The van der Waals surface area contributed by atoms with Gasteiger partial charge in [-0.05, 0) is 20.8 Å². The number of carbonyl (C=O) groups excluding carboxylic acids is 1. The highest BCUT2D eigenvalue weighted by Crippen LogP contribution is 2.46. The molecule has 1 aliphatic heterocycles. The number of nitrogen functional groups attached to an aromatic ring is 1. The third-order valence-corrected chi connectivity index (χ3v) is 7.20. The average molecular weight is 506 g/mol. The quantitative estimate of drug-likeness (QED) is 0.152. The van der Waals surface area contributed by atoms with Gasteiger partial charge in [-0.2, -0.15) is 4.98 Å². The molecule has 0 aliphatic carbocycles. The Hall–Kier alpha value is -1.84. The van der Waals surface area contributed by atoms with E-state index in [1.807, 2.05) is 0 Å². The van der Waals surface area contributed by atoms with Crippen LogP contribution < -0.4 is 16.4 Å². The normalized spacial score (nSPS) is 27.3. The molecule has 0 bridgehead atoms. The lowest BCUT2D eigenvalue weighted by Gasteiger charge is -2.27. The molecular weight excluding hydrogens is 479 g/mol. The summed E-state index contributed by atoms with van der Waals surface area (Å²) in [4.78, 5) is 32.8. The molecule has 1 saturated heterocycles. The number of aliphatic hydroxyl groups excluding tert-OH is 1. The van der Waals surface area contributed by atoms with E-state index in [0.717, 1.165) is 11.8 Å². The lowest BCUT2D eigenvalue weighted by molar-refractivity contribution is -0.0948. The number of anilines is 1. The van der Waals surface area contributed by atoms with Crippen molar-refractivity contribution in [3.05, 3.63) is 16.7 Å². The summed E-state index contributed by atoms with van der Waals surface area (Å²) in [6, 6.07) is -0.258. The van der Waals surface area contributed by atoms with Crippen LogP contribution in [-0.4, -0.2) is 78.2 Å². The number of aliphatic hydroxyl groups is 2. The third kappa shape index (κ3) is 5.63. The standard InChI is InChI=1S/C17H27N6O8PS/c1-9(2)22-32(28,29-4-5-33-8-24)30-6-10-12(25)17(3,27)15(31-10)23-7-19-11-13(23)20-16(18)21-14(11)26/h7-10,12,15,25,27H,4-6H2,1-3H3,(H,22,28)(H3,18,20,21,26). The molecule has 0 radical (unpaired) electrons. The number of ether oxygens (including phenoxy) is 1. The summed E-state index contributed by atoms with van der Waals surface area (Å²) in [6.07, 6.45) is -2.54. The van der Waals surface area contributed by atoms with Crippen LogP contribution in [0.25, 0.3) is 11.2 Å². The van der Waals surface area contributed by atoms with Gasteiger partial charge in [-0.3, -0.25) is 28.2 Å². The van der Waals surface area contributed by atoms with Crippen LogP contribution in [0, 0.1) is 0 Å². The molecule has 3 rings (SSSR count). The number of nitrogens with two attached hydrogens (primary N) is 1. The van der Waals surface area contributed by atoms with Gasteiger partial charge in [-0.25, -0.2) is 14.6 Å². The van der Waals surface area contributed by atoms with E-state index in [4.69, 9.17) is 19.5 Å². The predicted octanol–water partition coefficient (Wildman–Crippen LogP) is -0.226. The van der Waals surface area contributed by atoms with Crippen molar-refractivity contribution in [1.82, 2.24) is 24.6 Å². The number of rotatable bonds is 11. The van der Waals surface area contributed by atoms with E-state index >= 15 is 0 Å². The zero-order valence-corrected chi connectivity index (χ0v) is 19.9. The molecule has 0 spiro atoms. The highest BCUT2D eigenvalue weighted by atomic mass is 32.2. The lowest BCUT2D eigenvalue weighted by atomic mass is 9.96. The van der Waals surface area contributed by atoms with E-state index in [-0.39, 0.29) is 35.5 Å². The first-order valence-corrected chi connectivity index (χ1v) is 12.6. The van der Waals surface area contributed by atoms with Crippen LogP contribution in [0.15, 0.2) is 11.1 Å². The summed E-state index contributed by atoms with van der Waals surface area (Å²) in [6.45, 7) is 4.41. The van der Waals surface area contributed by atoms with E-state index in [2.05, 4.69) is 20.0 Å². The predicted molar refractivity (Wildman–Crippen MR) is 120 cm³/mol. The molecule has 14 nitrogen and oxygen atoms in total. The molecule has 16 heteroatoms. The fourth-order valence-corrected chi connectivity index (χ4v) is 5.28. The Morgan fingerprint density at radius 3 is 2.91 bits per heavy atom. The first kappa shape index (κ1) is 25.8. The maximum atomic E-state index is 13.0. The molecule has 2 aromatic heterocycles. The van der Waals surface area contributed by atoms with E-state index in [0.29, 0.717) is 5.62 Å². The monoisotopic (exact) mass is 506 g/mol. The van der Waals surface area contributed by atoms with Crippen LogP contribution in [0.5, 0.6) is 0 Å². The Kier molecular flexibility index (Phi) is 7.96. The molecule has 33 heavy (non-hydrogen) atoms. The maximum Gasteiger partial charge on any atom is 0.405 e. The van der Waals surface area contributed by atoms with Crippen molar-refractivity contribution in [1.29, 1.82) is 0 Å². The van der Waals surface area contributed by atoms with E-state index < -0.39 is 43.9 Å². The number of thioether (sulfide) groups is 1. The van der Waals surface area contributed by atoms with Gasteiger partial charge in [0, 0.05) is 11.8 Å². The van der Waals surface area contributed by atoms with Crippen LogP contribution in [0.3, 0.4) is 0 Å². The van der Waals surface area contributed by atoms with Gasteiger partial charge in [0.2, 0.25) is 5.95 Å². The minimum atomic E-state index is -3.81. The first-order valence-electron chi connectivity index (χ1n) is 9.99. The van der Waals surface area contributed by atoms with Crippen molar-refractivity contribution < 1.29 is 33.4 Å². The number of fused-ring (bicyclic) bond motifs is 1. The summed E-state index contributed by atoms with van der Waals surface area (Å²) < 4.78 is 30.9. The van der Waals surface area contributed by atoms with Crippen molar-refractivity contribution in [2.45, 2.75) is 50.8 Å². The van der Waals surface area contributed by atoms with Crippen LogP contribution in [-0.2, 0) is 23.1 Å². The number of nitrogens with zero attached hydrogens (tertiary/aromatic N) is 3. The van der Waals surface area contributed by atoms with Crippen LogP contribution in [0.4, 0.5) is 5.95 Å². The molecule has 184 valence electrons. The van der Waals surface area contributed by atoms with Crippen molar-refractivity contribution in [2.75, 3.05) is 24.7 Å². The maximum absolute atomic E-state index is 13.0. The Morgan fingerprint density at radius 1 is 1.52 bits per heavy atom. The van der Waals surface area contributed by atoms with Gasteiger partial charge >= 0.3 is 7.75 Å². The molecule has 5 unspecified atom stereocenters. The fourth-order valence-electron chi connectivity index (χ4n) is 3.35. The summed E-state index contributed by atoms with van der Waals surface area (Å²) in [5, 5.41) is 24.4. The summed E-state index contributed by atoms with van der Waals surface area (Å²) in [5.41, 5.74) is 3.87. The lowest BCUT2D eigenvalue weighted by Crippen LogP contribution is -2.44. The number of aromatic nitrogens is 4. The van der Waals surface area contributed by atoms with Crippen molar-refractivity contribution in [3.63, 3.8) is 0 Å². The number of hydrogen-bond donors (Lipinski definition) is 5. The molecule has 0 amide bonds. The Bertz CT molecular complexity index is 1090. The SMILES string of the molecule is CC(C)NP(=O)(OCCSC=O)OCC1OC(n2cnc3c(=O)[nH]c(N)nc32)C(C)(O)C1O. The molecule has 1 aliphatic rings. The van der Waals surface area contributed by atoms with E-state index in [1.54, 1.807) is 13.8 Å².